The molecule has 0 aliphatic heterocycles. The molecule has 7 heteroatoms. The lowest BCUT2D eigenvalue weighted by Gasteiger charge is -2.07. The second-order valence-corrected chi connectivity index (χ2v) is 4.98. The van der Waals surface area contributed by atoms with Gasteiger partial charge in [-0.1, -0.05) is 17.3 Å². The van der Waals surface area contributed by atoms with E-state index < -0.39 is 0 Å². The van der Waals surface area contributed by atoms with E-state index in [1.54, 1.807) is 41.3 Å². The minimum absolute atomic E-state index is 0.257. The van der Waals surface area contributed by atoms with Crippen LogP contribution < -0.4 is 0 Å². The lowest BCUT2D eigenvalue weighted by Crippen LogP contribution is -2.06. The first kappa shape index (κ1) is 15.4. The topological polar surface area (TPSA) is 93.7 Å². The first-order valence-electron chi connectivity index (χ1n) is 7.14. The van der Waals surface area contributed by atoms with Crippen molar-refractivity contribution >= 4 is 5.97 Å². The van der Waals surface area contributed by atoms with Crippen LogP contribution in [0.5, 0.6) is 0 Å². The summed E-state index contributed by atoms with van der Waals surface area (Å²) in [6.45, 7) is 0.424. The minimum atomic E-state index is -0.383. The van der Waals surface area contributed by atoms with Gasteiger partial charge in [0, 0.05) is 18.0 Å². The van der Waals surface area contributed by atoms with Gasteiger partial charge in [0.25, 0.3) is 0 Å². The largest absolute Gasteiger partial charge is 0.465 e. The molecule has 0 amide bonds. The number of hydrogen-bond donors (Lipinski definition) is 0. The summed E-state index contributed by atoms with van der Waals surface area (Å²) < 4.78 is 6.33. The number of nitrogens with zero attached hydrogens (tertiary/aromatic N) is 5. The number of carbonyl (C=O) groups excluding carboxylic acids is 1. The maximum Gasteiger partial charge on any atom is 0.337 e. The van der Waals surface area contributed by atoms with Crippen molar-refractivity contribution < 1.29 is 9.53 Å². The Kier molecular flexibility index (Phi) is 4.29. The monoisotopic (exact) mass is 319 g/mol. The average Bonchev–Trinajstić information content (AvgIpc) is 3.05. The molecular weight excluding hydrogens is 306 g/mol. The lowest BCUT2D eigenvalue weighted by atomic mass is 10.1. The van der Waals surface area contributed by atoms with Gasteiger partial charge < -0.3 is 4.74 Å². The molecule has 0 unspecified atom stereocenters. The summed E-state index contributed by atoms with van der Waals surface area (Å²) >= 11 is 0. The summed E-state index contributed by atoms with van der Waals surface area (Å²) in [6, 6.07) is 12.7. The van der Waals surface area contributed by atoms with Gasteiger partial charge in [-0.3, -0.25) is 4.98 Å². The maximum absolute atomic E-state index is 11.5. The molecule has 3 aromatic rings. The highest BCUT2D eigenvalue weighted by Gasteiger charge is 2.15. The Hall–Kier alpha value is -3.53. The van der Waals surface area contributed by atoms with Gasteiger partial charge >= 0.3 is 5.97 Å². The highest BCUT2D eigenvalue weighted by atomic mass is 16.5. The molecule has 0 atom stereocenters. The average molecular weight is 319 g/mol. The molecule has 2 aromatic heterocycles. The van der Waals surface area contributed by atoms with Crippen LogP contribution in [-0.4, -0.2) is 33.1 Å². The fraction of sp³-hybridized carbons (Fsp3) is 0.118. The van der Waals surface area contributed by atoms with Crippen molar-refractivity contribution in [1.82, 2.24) is 20.0 Å². The fourth-order valence-corrected chi connectivity index (χ4v) is 2.33. The zero-order valence-electron chi connectivity index (χ0n) is 12.9. The molecule has 2 heterocycles. The van der Waals surface area contributed by atoms with Crippen LogP contribution in [-0.2, 0) is 11.3 Å². The summed E-state index contributed by atoms with van der Waals surface area (Å²) in [6.07, 6.45) is 3.30. The molecule has 0 fully saturated rings. The first-order chi connectivity index (χ1) is 11.7. The standard InChI is InChI=1S/C17H13N5O2/c1-24-17(23)14-4-2-12(3-5-14)11-22-16(15(10-18)20-21-22)13-6-8-19-9-7-13/h2-9H,11H2,1H3. The Balaban J connectivity index is 1.93. The van der Waals surface area contributed by atoms with Crippen molar-refractivity contribution in [1.29, 1.82) is 5.26 Å². The van der Waals surface area contributed by atoms with Gasteiger partial charge in [0.1, 0.15) is 11.8 Å². The molecule has 0 spiro atoms. The lowest BCUT2D eigenvalue weighted by molar-refractivity contribution is 0.0600. The highest BCUT2D eigenvalue weighted by molar-refractivity contribution is 5.89. The molecule has 118 valence electrons. The van der Waals surface area contributed by atoms with E-state index in [-0.39, 0.29) is 11.7 Å². The molecule has 0 aliphatic carbocycles. The molecule has 1 aromatic carbocycles. The van der Waals surface area contributed by atoms with Gasteiger partial charge in [0.2, 0.25) is 0 Å². The summed E-state index contributed by atoms with van der Waals surface area (Å²) in [5.74, 6) is -0.383. The third-order valence-electron chi connectivity index (χ3n) is 3.50. The smallest absolute Gasteiger partial charge is 0.337 e. The van der Waals surface area contributed by atoms with Crippen LogP contribution >= 0.6 is 0 Å². The fourth-order valence-electron chi connectivity index (χ4n) is 2.33. The normalized spacial score (nSPS) is 10.2. The highest BCUT2D eigenvalue weighted by Crippen LogP contribution is 2.22. The third-order valence-corrected chi connectivity index (χ3v) is 3.50. The maximum atomic E-state index is 11.5. The van der Waals surface area contributed by atoms with Crippen molar-refractivity contribution in [2.24, 2.45) is 0 Å². The second-order valence-electron chi connectivity index (χ2n) is 4.98. The van der Waals surface area contributed by atoms with Gasteiger partial charge in [-0.15, -0.1) is 5.10 Å². The van der Waals surface area contributed by atoms with Crippen molar-refractivity contribution in [2.45, 2.75) is 6.54 Å². The molecule has 0 saturated carbocycles. The van der Waals surface area contributed by atoms with Crippen LogP contribution in [0.25, 0.3) is 11.3 Å². The number of benzene rings is 1. The van der Waals surface area contributed by atoms with Crippen LogP contribution in [0.3, 0.4) is 0 Å². The number of esters is 1. The van der Waals surface area contributed by atoms with Gasteiger partial charge in [0.15, 0.2) is 5.69 Å². The van der Waals surface area contributed by atoms with Crippen LogP contribution in [0, 0.1) is 11.3 Å². The molecule has 0 bridgehead atoms. The molecule has 0 aliphatic rings. The molecule has 24 heavy (non-hydrogen) atoms. The van der Waals surface area contributed by atoms with Crippen LogP contribution in [0.1, 0.15) is 21.6 Å². The summed E-state index contributed by atoms with van der Waals surface area (Å²) in [4.78, 5) is 15.5. The van der Waals surface area contributed by atoms with Gasteiger partial charge in [-0.05, 0) is 29.8 Å². The number of ether oxygens (including phenoxy) is 1. The molecule has 0 saturated heterocycles. The Morgan fingerprint density at radius 1 is 1.21 bits per heavy atom. The van der Waals surface area contributed by atoms with E-state index in [1.165, 1.54) is 7.11 Å². The SMILES string of the molecule is COC(=O)c1ccc(Cn2nnc(C#N)c2-c2ccncc2)cc1. The molecular formula is C17H13N5O2. The Labute approximate surface area is 138 Å². The van der Waals surface area contributed by atoms with Crippen LogP contribution in [0.15, 0.2) is 48.8 Å². The summed E-state index contributed by atoms with van der Waals surface area (Å²) in [5.41, 5.74) is 3.11. The van der Waals surface area contributed by atoms with Crippen molar-refractivity contribution in [3.05, 3.63) is 65.6 Å². The Bertz CT molecular complexity index is 895. The Morgan fingerprint density at radius 2 is 1.92 bits per heavy atom. The number of rotatable bonds is 4. The predicted molar refractivity (Wildman–Crippen MR) is 84.9 cm³/mol. The van der Waals surface area contributed by atoms with Crippen LogP contribution in [0.2, 0.25) is 0 Å². The van der Waals surface area contributed by atoms with E-state index in [2.05, 4.69) is 26.1 Å². The van der Waals surface area contributed by atoms with E-state index in [9.17, 15) is 10.1 Å². The predicted octanol–water partition coefficient (Wildman–Crippen LogP) is 2.05. The van der Waals surface area contributed by atoms with Gasteiger partial charge in [-0.2, -0.15) is 5.26 Å². The Morgan fingerprint density at radius 3 is 2.54 bits per heavy atom. The van der Waals surface area contributed by atoms with Crippen molar-refractivity contribution in [3.63, 3.8) is 0 Å². The number of methoxy groups -OCH3 is 1. The summed E-state index contributed by atoms with van der Waals surface area (Å²) in [7, 11) is 1.34. The van der Waals surface area contributed by atoms with E-state index >= 15 is 0 Å². The van der Waals surface area contributed by atoms with Gasteiger partial charge in [0.05, 0.1) is 19.2 Å². The third kappa shape index (κ3) is 2.98. The number of aromatic nitrogens is 4. The number of nitriles is 1. The van der Waals surface area contributed by atoms with Crippen LogP contribution in [0.4, 0.5) is 0 Å². The van der Waals surface area contributed by atoms with E-state index in [4.69, 9.17) is 0 Å². The van der Waals surface area contributed by atoms with E-state index in [1.807, 2.05) is 12.1 Å². The molecule has 3 rings (SSSR count). The van der Waals surface area contributed by atoms with E-state index in [0.29, 0.717) is 17.8 Å². The molecule has 0 radical (unpaired) electrons. The zero-order chi connectivity index (χ0) is 16.9. The van der Waals surface area contributed by atoms with Crippen molar-refractivity contribution in [3.8, 4) is 17.3 Å². The van der Waals surface area contributed by atoms with E-state index in [0.717, 1.165) is 11.1 Å². The molecule has 0 N–H and O–H groups in total. The zero-order valence-corrected chi connectivity index (χ0v) is 12.9. The van der Waals surface area contributed by atoms with Crippen molar-refractivity contribution in [2.75, 3.05) is 7.11 Å². The number of hydrogen-bond acceptors (Lipinski definition) is 6. The minimum Gasteiger partial charge on any atom is -0.465 e. The van der Waals surface area contributed by atoms with Gasteiger partial charge in [-0.25, -0.2) is 9.48 Å². The number of carbonyl (C=O) groups is 1. The quantitative estimate of drug-likeness (QED) is 0.683. The first-order valence-corrected chi connectivity index (χ1v) is 7.14. The number of pyridine rings is 1. The second kappa shape index (κ2) is 6.71. The summed E-state index contributed by atoms with van der Waals surface area (Å²) in [5, 5.41) is 17.2. The molecule has 7 nitrogen and oxygen atoms in total.